The van der Waals surface area contributed by atoms with Gasteiger partial charge < -0.3 is 11.1 Å². The highest BCUT2D eigenvalue weighted by atomic mass is 16.2. The van der Waals surface area contributed by atoms with Crippen molar-refractivity contribution in [1.82, 2.24) is 0 Å². The first kappa shape index (κ1) is 14.7. The van der Waals surface area contributed by atoms with Crippen LogP contribution in [0.25, 0.3) is 0 Å². The van der Waals surface area contributed by atoms with E-state index in [0.29, 0.717) is 6.42 Å². The summed E-state index contributed by atoms with van der Waals surface area (Å²) in [4.78, 5) is 11.9. The van der Waals surface area contributed by atoms with Gasteiger partial charge in [0.25, 0.3) is 0 Å². The molecule has 0 aliphatic heterocycles. The van der Waals surface area contributed by atoms with E-state index >= 15 is 0 Å². The highest BCUT2D eigenvalue weighted by molar-refractivity contribution is 5.95. The molecule has 3 nitrogen and oxygen atoms in total. The number of hydrogen-bond donors (Lipinski definition) is 2. The van der Waals surface area contributed by atoms with Gasteiger partial charge in [-0.05, 0) is 23.5 Å². The summed E-state index contributed by atoms with van der Waals surface area (Å²) in [5, 5.41) is 2.94. The quantitative estimate of drug-likeness (QED) is 0.860. The van der Waals surface area contributed by atoms with Gasteiger partial charge in [0.05, 0.1) is 6.04 Å². The molecule has 0 aliphatic rings. The smallest absolute Gasteiger partial charge is 0.241 e. The maximum atomic E-state index is 11.9. The number of nitrogens with one attached hydrogen (secondary N) is 1. The van der Waals surface area contributed by atoms with Crippen molar-refractivity contribution in [3.8, 4) is 0 Å². The SMILES string of the molecule is CCC[C@H](N)C(=O)Nc1ccccc1C(C)(C)C. The zero-order valence-electron chi connectivity index (χ0n) is 11.8. The van der Waals surface area contributed by atoms with Crippen molar-refractivity contribution in [3.05, 3.63) is 29.8 Å². The fourth-order valence-electron chi connectivity index (χ4n) is 1.91. The molecular formula is C15H24N2O. The van der Waals surface area contributed by atoms with Crippen molar-refractivity contribution in [3.63, 3.8) is 0 Å². The van der Waals surface area contributed by atoms with Gasteiger partial charge >= 0.3 is 0 Å². The van der Waals surface area contributed by atoms with Gasteiger partial charge in [0.1, 0.15) is 0 Å². The fraction of sp³-hybridized carbons (Fsp3) is 0.533. The van der Waals surface area contributed by atoms with Crippen LogP contribution in [0, 0.1) is 0 Å². The van der Waals surface area contributed by atoms with Crippen LogP contribution < -0.4 is 11.1 Å². The summed E-state index contributed by atoms with van der Waals surface area (Å²) in [6.45, 7) is 8.41. The Kier molecular flexibility index (Phi) is 4.91. The van der Waals surface area contributed by atoms with Gasteiger partial charge in [-0.3, -0.25) is 4.79 Å². The molecular weight excluding hydrogens is 224 g/mol. The number of carbonyl (C=O) groups is 1. The van der Waals surface area contributed by atoms with Gasteiger partial charge in [-0.25, -0.2) is 0 Å². The second-order valence-corrected chi connectivity index (χ2v) is 5.68. The molecule has 0 aliphatic carbocycles. The number of hydrogen-bond acceptors (Lipinski definition) is 2. The summed E-state index contributed by atoms with van der Waals surface area (Å²) in [6.07, 6.45) is 1.62. The Balaban J connectivity index is 2.88. The highest BCUT2D eigenvalue weighted by Crippen LogP contribution is 2.29. The number of para-hydroxylation sites is 1. The molecule has 0 bridgehead atoms. The van der Waals surface area contributed by atoms with E-state index in [-0.39, 0.29) is 11.3 Å². The average Bonchev–Trinajstić information content (AvgIpc) is 2.28. The predicted molar refractivity (Wildman–Crippen MR) is 76.7 cm³/mol. The van der Waals surface area contributed by atoms with Crippen molar-refractivity contribution in [2.24, 2.45) is 5.73 Å². The first-order chi connectivity index (χ1) is 8.36. The molecule has 0 spiro atoms. The third-order valence-corrected chi connectivity index (χ3v) is 2.93. The lowest BCUT2D eigenvalue weighted by atomic mass is 9.86. The number of anilines is 1. The molecule has 1 rings (SSSR count). The first-order valence-corrected chi connectivity index (χ1v) is 6.52. The van der Waals surface area contributed by atoms with Crippen LogP contribution in [0.3, 0.4) is 0 Å². The van der Waals surface area contributed by atoms with E-state index in [2.05, 4.69) is 26.1 Å². The van der Waals surface area contributed by atoms with Gasteiger partial charge in [-0.15, -0.1) is 0 Å². The van der Waals surface area contributed by atoms with Crippen LogP contribution in [0.5, 0.6) is 0 Å². The molecule has 1 atom stereocenters. The minimum atomic E-state index is -0.428. The Bertz CT molecular complexity index is 407. The van der Waals surface area contributed by atoms with Gasteiger partial charge in [0.2, 0.25) is 5.91 Å². The van der Waals surface area contributed by atoms with Gasteiger partial charge in [-0.2, -0.15) is 0 Å². The molecule has 0 fully saturated rings. The summed E-state index contributed by atoms with van der Waals surface area (Å²) in [7, 11) is 0. The van der Waals surface area contributed by atoms with Gasteiger partial charge in [0, 0.05) is 5.69 Å². The zero-order valence-corrected chi connectivity index (χ0v) is 11.8. The summed E-state index contributed by atoms with van der Waals surface area (Å²) >= 11 is 0. The Morgan fingerprint density at radius 1 is 1.33 bits per heavy atom. The second kappa shape index (κ2) is 6.01. The standard InChI is InChI=1S/C15H24N2O/c1-5-8-12(16)14(18)17-13-10-7-6-9-11(13)15(2,3)4/h6-7,9-10,12H,5,8,16H2,1-4H3,(H,17,18)/t12-/m0/s1. The fourth-order valence-corrected chi connectivity index (χ4v) is 1.91. The van der Waals surface area contributed by atoms with Crippen molar-refractivity contribution < 1.29 is 4.79 Å². The molecule has 3 N–H and O–H groups in total. The highest BCUT2D eigenvalue weighted by Gasteiger charge is 2.20. The van der Waals surface area contributed by atoms with Crippen molar-refractivity contribution in [1.29, 1.82) is 0 Å². The molecule has 0 aromatic heterocycles. The predicted octanol–water partition coefficient (Wildman–Crippen LogP) is 3.05. The lowest BCUT2D eigenvalue weighted by Crippen LogP contribution is -2.36. The van der Waals surface area contributed by atoms with Crippen LogP contribution in [0.4, 0.5) is 5.69 Å². The van der Waals surface area contributed by atoms with Crippen molar-refractivity contribution in [2.45, 2.75) is 52.0 Å². The maximum Gasteiger partial charge on any atom is 0.241 e. The van der Waals surface area contributed by atoms with Crippen LogP contribution in [-0.2, 0) is 10.2 Å². The molecule has 18 heavy (non-hydrogen) atoms. The molecule has 0 unspecified atom stereocenters. The van der Waals surface area contributed by atoms with Crippen LogP contribution in [0.1, 0.15) is 46.1 Å². The largest absolute Gasteiger partial charge is 0.324 e. The molecule has 0 heterocycles. The monoisotopic (exact) mass is 248 g/mol. The van der Waals surface area contributed by atoms with Crippen LogP contribution in [-0.4, -0.2) is 11.9 Å². The van der Waals surface area contributed by atoms with Crippen molar-refractivity contribution >= 4 is 11.6 Å². The second-order valence-electron chi connectivity index (χ2n) is 5.68. The van der Waals surface area contributed by atoms with Crippen LogP contribution >= 0.6 is 0 Å². The number of amides is 1. The average molecular weight is 248 g/mol. The zero-order chi connectivity index (χ0) is 13.8. The summed E-state index contributed by atoms with van der Waals surface area (Å²) in [6, 6.07) is 7.46. The van der Waals surface area contributed by atoms with E-state index in [1.807, 2.05) is 31.2 Å². The number of rotatable bonds is 4. The summed E-state index contributed by atoms with van der Waals surface area (Å²) in [5.41, 5.74) is 7.81. The van der Waals surface area contributed by atoms with Gasteiger partial charge in [-0.1, -0.05) is 52.3 Å². The molecule has 1 aromatic carbocycles. The Labute approximate surface area is 110 Å². The lowest BCUT2D eigenvalue weighted by molar-refractivity contribution is -0.117. The Hall–Kier alpha value is -1.35. The Morgan fingerprint density at radius 2 is 1.94 bits per heavy atom. The number of carbonyl (C=O) groups excluding carboxylic acids is 1. The first-order valence-electron chi connectivity index (χ1n) is 6.52. The third-order valence-electron chi connectivity index (χ3n) is 2.93. The minimum Gasteiger partial charge on any atom is -0.324 e. The van der Waals surface area contributed by atoms with Crippen molar-refractivity contribution in [2.75, 3.05) is 5.32 Å². The molecule has 100 valence electrons. The number of benzene rings is 1. The Morgan fingerprint density at radius 3 is 2.50 bits per heavy atom. The van der Waals surface area contributed by atoms with Crippen LogP contribution in [0.2, 0.25) is 0 Å². The van der Waals surface area contributed by atoms with E-state index in [0.717, 1.165) is 17.7 Å². The third kappa shape index (κ3) is 3.84. The van der Waals surface area contributed by atoms with E-state index in [1.54, 1.807) is 0 Å². The number of nitrogens with two attached hydrogens (primary N) is 1. The molecule has 3 heteroatoms. The summed E-state index contributed by atoms with van der Waals surface area (Å²) < 4.78 is 0. The molecule has 1 amide bonds. The molecule has 1 aromatic rings. The summed E-state index contributed by atoms with van der Waals surface area (Å²) in [5.74, 6) is -0.103. The molecule has 0 radical (unpaired) electrons. The topological polar surface area (TPSA) is 55.1 Å². The van der Waals surface area contributed by atoms with E-state index < -0.39 is 6.04 Å². The van der Waals surface area contributed by atoms with E-state index in [9.17, 15) is 4.79 Å². The lowest BCUT2D eigenvalue weighted by Gasteiger charge is -2.23. The minimum absolute atomic E-state index is 0.00126. The van der Waals surface area contributed by atoms with E-state index in [1.165, 1.54) is 0 Å². The van der Waals surface area contributed by atoms with E-state index in [4.69, 9.17) is 5.73 Å². The molecule has 0 saturated carbocycles. The maximum absolute atomic E-state index is 11.9. The van der Waals surface area contributed by atoms with Crippen LogP contribution in [0.15, 0.2) is 24.3 Å². The normalized spacial score (nSPS) is 13.2. The van der Waals surface area contributed by atoms with Gasteiger partial charge in [0.15, 0.2) is 0 Å². The molecule has 0 saturated heterocycles.